The van der Waals surface area contributed by atoms with Gasteiger partial charge >= 0.3 is 12.0 Å². The van der Waals surface area contributed by atoms with Crippen LogP contribution in [0.2, 0.25) is 0 Å². The van der Waals surface area contributed by atoms with Crippen molar-refractivity contribution in [2.45, 2.75) is 19.8 Å². The van der Waals surface area contributed by atoms with Crippen molar-refractivity contribution in [2.75, 3.05) is 31.1 Å². The molecule has 1 aromatic carbocycles. The van der Waals surface area contributed by atoms with Crippen LogP contribution in [0.5, 0.6) is 0 Å². The predicted molar refractivity (Wildman–Crippen MR) is 92.6 cm³/mol. The van der Waals surface area contributed by atoms with E-state index in [1.807, 2.05) is 6.92 Å². The largest absolute Gasteiger partial charge is 0.481 e. The molecule has 2 N–H and O–H groups in total. The second-order valence-corrected chi connectivity index (χ2v) is 6.87. The van der Waals surface area contributed by atoms with Gasteiger partial charge in [-0.05, 0) is 37.0 Å². The lowest BCUT2D eigenvalue weighted by atomic mass is 9.90. The zero-order chi connectivity index (χ0) is 18.0. The van der Waals surface area contributed by atoms with Gasteiger partial charge < -0.3 is 15.3 Å². The van der Waals surface area contributed by atoms with Crippen LogP contribution in [0.1, 0.15) is 30.1 Å². The zero-order valence-corrected chi connectivity index (χ0v) is 14.3. The number of carboxylic acid groups (broad SMARTS) is 1. The third-order valence-corrected chi connectivity index (χ3v) is 4.78. The van der Waals surface area contributed by atoms with Gasteiger partial charge in [0.2, 0.25) is 0 Å². The molecule has 0 saturated carbocycles. The van der Waals surface area contributed by atoms with E-state index in [1.54, 1.807) is 34.1 Å². The van der Waals surface area contributed by atoms with E-state index in [9.17, 15) is 19.5 Å². The lowest BCUT2D eigenvalue weighted by Crippen LogP contribution is -2.47. The van der Waals surface area contributed by atoms with Crippen LogP contribution < -0.4 is 10.2 Å². The highest BCUT2D eigenvalue weighted by atomic mass is 16.4. The van der Waals surface area contributed by atoms with Gasteiger partial charge in [0, 0.05) is 37.4 Å². The molecule has 3 amide bonds. The molecule has 25 heavy (non-hydrogen) atoms. The van der Waals surface area contributed by atoms with Gasteiger partial charge in [-0.1, -0.05) is 13.0 Å². The summed E-state index contributed by atoms with van der Waals surface area (Å²) in [6, 6.07) is 6.83. The van der Waals surface area contributed by atoms with E-state index in [4.69, 9.17) is 0 Å². The van der Waals surface area contributed by atoms with E-state index < -0.39 is 11.9 Å². The Morgan fingerprint density at radius 3 is 2.80 bits per heavy atom. The minimum absolute atomic E-state index is 0.148. The molecule has 0 aromatic heterocycles. The maximum Gasteiger partial charge on any atom is 0.321 e. The molecule has 3 rings (SSSR count). The number of urea groups is 1. The molecule has 0 spiro atoms. The number of hydrogen-bond acceptors (Lipinski definition) is 3. The average Bonchev–Trinajstić information content (AvgIpc) is 2.61. The van der Waals surface area contributed by atoms with Crippen LogP contribution in [-0.4, -0.2) is 54.1 Å². The number of benzene rings is 1. The fourth-order valence-corrected chi connectivity index (χ4v) is 3.56. The highest BCUT2D eigenvalue weighted by molar-refractivity contribution is 5.98. The molecule has 2 heterocycles. The smallest absolute Gasteiger partial charge is 0.321 e. The Bertz CT molecular complexity index is 691. The summed E-state index contributed by atoms with van der Waals surface area (Å²) in [7, 11) is 0. The molecular formula is C18H23N3O4. The Balaban J connectivity index is 1.79. The van der Waals surface area contributed by atoms with E-state index >= 15 is 0 Å². The van der Waals surface area contributed by atoms with Gasteiger partial charge in [0.25, 0.3) is 5.91 Å². The van der Waals surface area contributed by atoms with Gasteiger partial charge in [0.05, 0.1) is 5.92 Å². The summed E-state index contributed by atoms with van der Waals surface area (Å²) in [5.74, 6) is -1.42. The minimum atomic E-state index is -0.858. The van der Waals surface area contributed by atoms with Gasteiger partial charge in [-0.25, -0.2) is 4.79 Å². The van der Waals surface area contributed by atoms with E-state index in [2.05, 4.69) is 5.32 Å². The van der Waals surface area contributed by atoms with Crippen molar-refractivity contribution in [1.29, 1.82) is 0 Å². The number of carbonyl (C=O) groups excluding carboxylic acids is 2. The number of nitrogens with zero attached hydrogens (tertiary/aromatic N) is 2. The van der Waals surface area contributed by atoms with E-state index in [0.29, 0.717) is 37.3 Å². The molecule has 0 bridgehead atoms. The van der Waals surface area contributed by atoms with Gasteiger partial charge in [-0.3, -0.25) is 14.5 Å². The quantitative estimate of drug-likeness (QED) is 0.874. The van der Waals surface area contributed by atoms with Crippen molar-refractivity contribution < 1.29 is 19.5 Å². The topological polar surface area (TPSA) is 89.9 Å². The molecule has 2 fully saturated rings. The number of hydrogen-bond donors (Lipinski definition) is 2. The summed E-state index contributed by atoms with van der Waals surface area (Å²) >= 11 is 0. The summed E-state index contributed by atoms with van der Waals surface area (Å²) < 4.78 is 0. The zero-order valence-electron chi connectivity index (χ0n) is 14.3. The van der Waals surface area contributed by atoms with Crippen molar-refractivity contribution in [1.82, 2.24) is 10.2 Å². The number of nitrogens with one attached hydrogen (secondary N) is 1. The van der Waals surface area contributed by atoms with Crippen molar-refractivity contribution in [3.8, 4) is 0 Å². The number of carboxylic acids is 1. The van der Waals surface area contributed by atoms with Crippen LogP contribution in [0.25, 0.3) is 0 Å². The molecule has 0 aliphatic carbocycles. The molecule has 7 nitrogen and oxygen atoms in total. The SMILES string of the molecule is CC1CC(C(=O)O)CN(C(=O)c2cccc(N3CCCNC3=O)c2)C1. The Hall–Kier alpha value is -2.57. The monoisotopic (exact) mass is 345 g/mol. The second kappa shape index (κ2) is 7.13. The molecule has 2 aliphatic rings. The third kappa shape index (κ3) is 3.75. The standard InChI is InChI=1S/C18H23N3O4/c1-12-8-14(17(23)24)11-20(10-12)16(22)13-4-2-5-15(9-13)21-7-3-6-19-18(21)25/h2,4-5,9,12,14H,3,6-8,10-11H2,1H3,(H,19,25)(H,23,24). The Morgan fingerprint density at radius 1 is 1.28 bits per heavy atom. The molecule has 2 saturated heterocycles. The van der Waals surface area contributed by atoms with Gasteiger partial charge in [-0.15, -0.1) is 0 Å². The highest BCUT2D eigenvalue weighted by Gasteiger charge is 2.32. The summed E-state index contributed by atoms with van der Waals surface area (Å²) in [5.41, 5.74) is 1.16. The number of likely N-dealkylation sites (tertiary alicyclic amines) is 1. The fourth-order valence-electron chi connectivity index (χ4n) is 3.56. The lowest BCUT2D eigenvalue weighted by Gasteiger charge is -2.35. The number of piperidine rings is 1. The summed E-state index contributed by atoms with van der Waals surface area (Å²) in [6.07, 6.45) is 1.45. The fraction of sp³-hybridized carbons (Fsp3) is 0.500. The van der Waals surface area contributed by atoms with Gasteiger partial charge in [0.15, 0.2) is 0 Å². The third-order valence-electron chi connectivity index (χ3n) is 4.78. The Morgan fingerprint density at radius 2 is 2.08 bits per heavy atom. The first-order valence-corrected chi connectivity index (χ1v) is 8.63. The maximum absolute atomic E-state index is 12.8. The minimum Gasteiger partial charge on any atom is -0.481 e. The molecule has 2 atom stereocenters. The summed E-state index contributed by atoms with van der Waals surface area (Å²) in [5, 5.41) is 12.1. The van der Waals surface area contributed by atoms with E-state index in [-0.39, 0.29) is 24.4 Å². The first kappa shape index (κ1) is 17.3. The van der Waals surface area contributed by atoms with Gasteiger partial charge in [0.1, 0.15) is 0 Å². The lowest BCUT2D eigenvalue weighted by molar-refractivity contribution is -0.143. The maximum atomic E-state index is 12.8. The van der Waals surface area contributed by atoms with Crippen LogP contribution in [0.3, 0.4) is 0 Å². The molecule has 7 heteroatoms. The molecular weight excluding hydrogens is 322 g/mol. The number of amides is 3. The van der Waals surface area contributed by atoms with Crippen LogP contribution >= 0.6 is 0 Å². The van der Waals surface area contributed by atoms with E-state index in [1.165, 1.54) is 0 Å². The Labute approximate surface area is 146 Å². The van der Waals surface area contributed by atoms with Crippen molar-refractivity contribution in [3.05, 3.63) is 29.8 Å². The molecule has 2 unspecified atom stereocenters. The van der Waals surface area contributed by atoms with Crippen LogP contribution in [0, 0.1) is 11.8 Å². The van der Waals surface area contributed by atoms with Crippen LogP contribution in [-0.2, 0) is 4.79 Å². The van der Waals surface area contributed by atoms with Crippen LogP contribution in [0.4, 0.5) is 10.5 Å². The second-order valence-electron chi connectivity index (χ2n) is 6.87. The number of carbonyl (C=O) groups is 3. The molecule has 0 radical (unpaired) electrons. The number of rotatable bonds is 3. The normalized spacial score (nSPS) is 24.0. The summed E-state index contributed by atoms with van der Waals surface area (Å²) in [4.78, 5) is 39.4. The van der Waals surface area contributed by atoms with Crippen molar-refractivity contribution in [3.63, 3.8) is 0 Å². The highest BCUT2D eigenvalue weighted by Crippen LogP contribution is 2.25. The molecule has 134 valence electrons. The first-order valence-electron chi connectivity index (χ1n) is 8.63. The molecule has 1 aromatic rings. The van der Waals surface area contributed by atoms with E-state index in [0.717, 1.165) is 6.42 Å². The average molecular weight is 345 g/mol. The molecule has 2 aliphatic heterocycles. The Kier molecular flexibility index (Phi) is 4.92. The summed E-state index contributed by atoms with van der Waals surface area (Å²) in [6.45, 7) is 4.02. The van der Waals surface area contributed by atoms with Crippen LogP contribution in [0.15, 0.2) is 24.3 Å². The number of anilines is 1. The van der Waals surface area contributed by atoms with Crippen molar-refractivity contribution in [2.24, 2.45) is 11.8 Å². The van der Waals surface area contributed by atoms with Gasteiger partial charge in [-0.2, -0.15) is 0 Å². The predicted octanol–water partition coefficient (Wildman–Crippen LogP) is 1.79. The number of aliphatic carboxylic acids is 1. The van der Waals surface area contributed by atoms with Crippen molar-refractivity contribution >= 4 is 23.6 Å². The first-order chi connectivity index (χ1) is 12.0.